The van der Waals surface area contributed by atoms with Crippen LogP contribution in [0.1, 0.15) is 46.1 Å². The van der Waals surface area contributed by atoms with Crippen molar-refractivity contribution in [1.29, 1.82) is 0 Å². The summed E-state index contributed by atoms with van der Waals surface area (Å²) in [5, 5.41) is 3.99. The summed E-state index contributed by atoms with van der Waals surface area (Å²) in [5.74, 6) is -0.126. The Balaban J connectivity index is 1.45. The lowest BCUT2D eigenvalue weighted by Crippen LogP contribution is -2.36. The highest BCUT2D eigenvalue weighted by molar-refractivity contribution is 6.01. The number of benzene rings is 2. The molecule has 1 atom stereocenters. The first-order chi connectivity index (χ1) is 14.0. The maximum atomic E-state index is 13.5. The Morgan fingerprint density at radius 2 is 1.86 bits per heavy atom. The molecule has 0 saturated carbocycles. The van der Waals surface area contributed by atoms with E-state index >= 15 is 0 Å². The largest absolute Gasteiger partial charge is 0.453 e. The molecular formula is C24H27FN2O2. The second-order valence-electron chi connectivity index (χ2n) is 7.92. The maximum absolute atomic E-state index is 13.5. The van der Waals surface area contributed by atoms with E-state index in [0.29, 0.717) is 28.8 Å². The quantitative estimate of drug-likeness (QED) is 0.585. The minimum absolute atomic E-state index is 0.108. The number of furan rings is 1. The molecule has 1 fully saturated rings. The Hall–Kier alpha value is -2.50. The molecule has 5 heteroatoms. The van der Waals surface area contributed by atoms with Gasteiger partial charge in [0.05, 0.1) is 6.54 Å². The van der Waals surface area contributed by atoms with Gasteiger partial charge in [-0.15, -0.1) is 0 Å². The van der Waals surface area contributed by atoms with E-state index in [-0.39, 0.29) is 24.2 Å². The first kappa shape index (κ1) is 19.8. The van der Waals surface area contributed by atoms with Crippen LogP contribution >= 0.6 is 0 Å². The smallest absolute Gasteiger partial charge is 0.212 e. The van der Waals surface area contributed by atoms with Crippen molar-refractivity contribution in [3.63, 3.8) is 0 Å². The van der Waals surface area contributed by atoms with E-state index in [1.54, 1.807) is 13.0 Å². The van der Waals surface area contributed by atoms with Gasteiger partial charge >= 0.3 is 0 Å². The summed E-state index contributed by atoms with van der Waals surface area (Å²) >= 11 is 0. The van der Waals surface area contributed by atoms with Crippen LogP contribution in [0.15, 0.2) is 46.9 Å². The summed E-state index contributed by atoms with van der Waals surface area (Å²) in [6.07, 6.45) is 2.44. The number of nitrogens with one attached hydrogen (secondary N) is 1. The van der Waals surface area contributed by atoms with Gasteiger partial charge in [0.15, 0.2) is 5.76 Å². The fraction of sp³-hybridized carbons (Fsp3) is 0.375. The van der Waals surface area contributed by atoms with Crippen molar-refractivity contribution in [2.45, 2.75) is 32.7 Å². The van der Waals surface area contributed by atoms with Crippen LogP contribution in [0.2, 0.25) is 0 Å². The van der Waals surface area contributed by atoms with E-state index in [1.165, 1.54) is 36.1 Å². The highest BCUT2D eigenvalue weighted by Crippen LogP contribution is 2.27. The molecule has 1 aromatic heterocycles. The Morgan fingerprint density at radius 3 is 2.59 bits per heavy atom. The Bertz CT molecular complexity index is 1000. The molecule has 152 valence electrons. The molecule has 1 aliphatic heterocycles. The predicted molar refractivity (Wildman–Crippen MR) is 113 cm³/mol. The monoisotopic (exact) mass is 394 g/mol. The molecule has 1 N–H and O–H groups in total. The summed E-state index contributed by atoms with van der Waals surface area (Å²) < 4.78 is 19.2. The molecule has 0 aliphatic carbocycles. The van der Waals surface area contributed by atoms with E-state index in [0.717, 1.165) is 13.1 Å². The van der Waals surface area contributed by atoms with Crippen LogP contribution in [0.5, 0.6) is 0 Å². The van der Waals surface area contributed by atoms with Gasteiger partial charge in [-0.2, -0.15) is 0 Å². The average molecular weight is 394 g/mol. The minimum Gasteiger partial charge on any atom is -0.453 e. The van der Waals surface area contributed by atoms with E-state index < -0.39 is 0 Å². The number of aryl methyl sites for hydroxylation is 2. The number of carbonyl (C=O) groups excluding carboxylic acids is 1. The average Bonchev–Trinajstić information content (AvgIpc) is 3.35. The van der Waals surface area contributed by atoms with Crippen molar-refractivity contribution in [2.24, 2.45) is 0 Å². The van der Waals surface area contributed by atoms with Gasteiger partial charge in [-0.1, -0.05) is 29.8 Å². The number of halogens is 1. The normalized spacial score (nSPS) is 15.8. The molecule has 0 spiro atoms. The van der Waals surface area contributed by atoms with E-state index in [1.807, 2.05) is 0 Å². The Morgan fingerprint density at radius 1 is 1.14 bits per heavy atom. The van der Waals surface area contributed by atoms with Gasteiger partial charge in [-0.3, -0.25) is 9.69 Å². The number of Topliss-reactive ketones (excluding diaryl/α,β-unsaturated/α-hetero) is 1. The van der Waals surface area contributed by atoms with Crippen molar-refractivity contribution >= 4 is 16.8 Å². The van der Waals surface area contributed by atoms with Gasteiger partial charge in [0.2, 0.25) is 5.78 Å². The van der Waals surface area contributed by atoms with Gasteiger partial charge in [0, 0.05) is 23.5 Å². The zero-order chi connectivity index (χ0) is 20.4. The number of fused-ring (bicyclic) bond motifs is 1. The van der Waals surface area contributed by atoms with Crippen LogP contribution in [0.4, 0.5) is 4.39 Å². The van der Waals surface area contributed by atoms with E-state index in [2.05, 4.69) is 41.4 Å². The molecule has 2 aromatic carbocycles. The molecule has 4 nitrogen and oxygen atoms in total. The van der Waals surface area contributed by atoms with Gasteiger partial charge in [-0.05, 0) is 63.5 Å². The lowest BCUT2D eigenvalue weighted by Gasteiger charge is -2.28. The highest BCUT2D eigenvalue weighted by Gasteiger charge is 2.24. The fourth-order valence-corrected chi connectivity index (χ4v) is 4.16. The van der Waals surface area contributed by atoms with E-state index in [4.69, 9.17) is 4.42 Å². The summed E-state index contributed by atoms with van der Waals surface area (Å²) in [7, 11) is 0. The third-order valence-corrected chi connectivity index (χ3v) is 5.82. The van der Waals surface area contributed by atoms with Gasteiger partial charge < -0.3 is 9.73 Å². The fourth-order valence-electron chi connectivity index (χ4n) is 4.16. The number of hydrogen-bond donors (Lipinski definition) is 1. The maximum Gasteiger partial charge on any atom is 0.212 e. The Labute approximate surface area is 170 Å². The van der Waals surface area contributed by atoms with Crippen molar-refractivity contribution in [3.05, 3.63) is 70.7 Å². The molecule has 0 bridgehead atoms. The molecule has 1 saturated heterocycles. The molecule has 0 amide bonds. The molecule has 1 unspecified atom stereocenters. The zero-order valence-electron chi connectivity index (χ0n) is 17.0. The van der Waals surface area contributed by atoms with Gasteiger partial charge in [0.1, 0.15) is 11.4 Å². The van der Waals surface area contributed by atoms with Crippen LogP contribution < -0.4 is 5.32 Å². The van der Waals surface area contributed by atoms with Crippen LogP contribution in [-0.4, -0.2) is 36.9 Å². The SMILES string of the molecule is Cc1ccc(C(CNCC(=O)c2oc3ccc(F)cc3c2C)N2CCCC2)cc1. The lowest BCUT2D eigenvalue weighted by molar-refractivity contribution is 0.0962. The van der Waals surface area contributed by atoms with Crippen molar-refractivity contribution in [1.82, 2.24) is 10.2 Å². The Kier molecular flexibility index (Phi) is 5.79. The number of ketones is 1. The summed E-state index contributed by atoms with van der Waals surface area (Å²) in [6, 6.07) is 13.2. The van der Waals surface area contributed by atoms with Gasteiger partial charge in [0.25, 0.3) is 0 Å². The third kappa shape index (κ3) is 4.26. The van der Waals surface area contributed by atoms with Crippen LogP contribution in [-0.2, 0) is 0 Å². The second-order valence-corrected chi connectivity index (χ2v) is 7.92. The topological polar surface area (TPSA) is 45.5 Å². The number of hydrogen-bond acceptors (Lipinski definition) is 4. The highest BCUT2D eigenvalue weighted by atomic mass is 19.1. The number of rotatable bonds is 7. The van der Waals surface area contributed by atoms with Crippen LogP contribution in [0.3, 0.4) is 0 Å². The predicted octanol–water partition coefficient (Wildman–Crippen LogP) is 4.80. The van der Waals surface area contributed by atoms with Crippen molar-refractivity contribution in [2.75, 3.05) is 26.2 Å². The van der Waals surface area contributed by atoms with Gasteiger partial charge in [-0.25, -0.2) is 4.39 Å². The molecule has 4 rings (SSSR count). The summed E-state index contributed by atoms with van der Waals surface area (Å²) in [6.45, 7) is 6.96. The number of likely N-dealkylation sites (tertiary alicyclic amines) is 1. The van der Waals surface area contributed by atoms with Crippen LogP contribution in [0, 0.1) is 19.7 Å². The molecule has 29 heavy (non-hydrogen) atoms. The van der Waals surface area contributed by atoms with Crippen LogP contribution in [0.25, 0.3) is 11.0 Å². The van der Waals surface area contributed by atoms with E-state index in [9.17, 15) is 9.18 Å². The summed E-state index contributed by atoms with van der Waals surface area (Å²) in [5.41, 5.74) is 3.75. The summed E-state index contributed by atoms with van der Waals surface area (Å²) in [4.78, 5) is 15.2. The number of carbonyl (C=O) groups is 1. The zero-order valence-corrected chi connectivity index (χ0v) is 17.0. The lowest BCUT2D eigenvalue weighted by atomic mass is 10.0. The third-order valence-electron chi connectivity index (χ3n) is 5.82. The second kappa shape index (κ2) is 8.47. The van der Waals surface area contributed by atoms with Crippen molar-refractivity contribution in [3.8, 4) is 0 Å². The molecular weight excluding hydrogens is 367 g/mol. The standard InChI is InChI=1S/C24H27FN2O2/c1-16-5-7-18(8-6-16)21(27-11-3-4-12-27)14-26-15-22(28)24-17(2)20-13-19(25)9-10-23(20)29-24/h5-10,13,21,26H,3-4,11-12,14-15H2,1-2H3. The first-order valence-electron chi connectivity index (χ1n) is 10.3. The first-order valence-corrected chi connectivity index (χ1v) is 10.3. The minimum atomic E-state index is -0.329. The molecule has 2 heterocycles. The molecule has 3 aromatic rings. The van der Waals surface area contributed by atoms with Crippen molar-refractivity contribution < 1.29 is 13.6 Å². The molecule has 1 aliphatic rings. The number of nitrogens with zero attached hydrogens (tertiary/aromatic N) is 1. The molecule has 0 radical (unpaired) electrons.